The van der Waals surface area contributed by atoms with E-state index in [4.69, 9.17) is 4.74 Å². The SMILES string of the molecule is CCOc1ccc(N2C(=O)N(c3ccccc3C)[C@@H]3CS(=O)(=O)C[C@H]32)cc1. The monoisotopic (exact) mass is 386 g/mol. The van der Waals surface area contributed by atoms with Gasteiger partial charge in [0.05, 0.1) is 30.2 Å². The Labute approximate surface area is 159 Å². The number of rotatable bonds is 4. The molecule has 2 aromatic rings. The van der Waals surface area contributed by atoms with E-state index < -0.39 is 9.84 Å². The number of urea groups is 1. The summed E-state index contributed by atoms with van der Waals surface area (Å²) >= 11 is 0. The molecule has 2 heterocycles. The van der Waals surface area contributed by atoms with E-state index in [1.165, 1.54) is 0 Å². The smallest absolute Gasteiger partial charge is 0.329 e. The lowest BCUT2D eigenvalue weighted by atomic mass is 10.1. The minimum atomic E-state index is -3.20. The van der Waals surface area contributed by atoms with E-state index in [1.807, 2.05) is 50.2 Å². The lowest BCUT2D eigenvalue weighted by Gasteiger charge is -2.24. The largest absolute Gasteiger partial charge is 0.494 e. The zero-order chi connectivity index (χ0) is 19.2. The molecule has 27 heavy (non-hydrogen) atoms. The van der Waals surface area contributed by atoms with E-state index in [2.05, 4.69) is 0 Å². The summed E-state index contributed by atoms with van der Waals surface area (Å²) < 4.78 is 30.2. The van der Waals surface area contributed by atoms with Gasteiger partial charge < -0.3 is 4.74 Å². The number of carbonyl (C=O) groups is 1. The second-order valence-electron chi connectivity index (χ2n) is 6.95. The number of benzene rings is 2. The Kier molecular flexibility index (Phi) is 4.34. The molecule has 2 atom stereocenters. The van der Waals surface area contributed by atoms with Gasteiger partial charge in [0.1, 0.15) is 5.75 Å². The first-order valence-corrected chi connectivity index (χ1v) is 10.8. The summed E-state index contributed by atoms with van der Waals surface area (Å²) in [4.78, 5) is 16.6. The third-order valence-electron chi connectivity index (χ3n) is 5.17. The topological polar surface area (TPSA) is 66.9 Å². The van der Waals surface area contributed by atoms with Crippen molar-refractivity contribution in [3.8, 4) is 5.75 Å². The van der Waals surface area contributed by atoms with E-state index in [1.54, 1.807) is 21.9 Å². The standard InChI is InChI=1S/C20H22N2O4S/c1-3-26-16-10-8-15(9-11-16)21-18-12-27(24,25)13-19(18)22(20(21)23)17-7-5-4-6-14(17)2/h4-11,18-19H,3,12-13H2,1-2H3/t18-,19-/m1/s1. The molecule has 2 fully saturated rings. The minimum Gasteiger partial charge on any atom is -0.494 e. The van der Waals surface area contributed by atoms with Crippen LogP contribution >= 0.6 is 0 Å². The van der Waals surface area contributed by atoms with E-state index in [0.717, 1.165) is 17.0 Å². The van der Waals surface area contributed by atoms with Crippen LogP contribution < -0.4 is 14.5 Å². The Morgan fingerprint density at radius 1 is 1.00 bits per heavy atom. The number of nitrogens with zero attached hydrogens (tertiary/aromatic N) is 2. The van der Waals surface area contributed by atoms with Crippen molar-refractivity contribution in [1.82, 2.24) is 0 Å². The molecule has 2 aliphatic heterocycles. The summed E-state index contributed by atoms with van der Waals surface area (Å²) in [5.74, 6) is 0.698. The normalized spacial score (nSPS) is 23.6. The van der Waals surface area contributed by atoms with Crippen LogP contribution in [0, 0.1) is 6.92 Å². The van der Waals surface area contributed by atoms with Gasteiger partial charge in [-0.25, -0.2) is 13.2 Å². The average Bonchev–Trinajstić information content (AvgIpc) is 3.06. The Hall–Kier alpha value is -2.54. The predicted molar refractivity (Wildman–Crippen MR) is 105 cm³/mol. The van der Waals surface area contributed by atoms with Gasteiger partial charge in [0.2, 0.25) is 0 Å². The Morgan fingerprint density at radius 3 is 2.26 bits per heavy atom. The van der Waals surface area contributed by atoms with Crippen molar-refractivity contribution in [2.24, 2.45) is 0 Å². The molecular weight excluding hydrogens is 364 g/mol. The van der Waals surface area contributed by atoms with Gasteiger partial charge in [-0.1, -0.05) is 18.2 Å². The number of amides is 2. The van der Waals surface area contributed by atoms with Crippen molar-refractivity contribution < 1.29 is 17.9 Å². The summed E-state index contributed by atoms with van der Waals surface area (Å²) in [7, 11) is -3.20. The molecule has 142 valence electrons. The molecule has 7 heteroatoms. The average molecular weight is 386 g/mol. The van der Waals surface area contributed by atoms with Crippen molar-refractivity contribution in [3.63, 3.8) is 0 Å². The fourth-order valence-corrected chi connectivity index (χ4v) is 5.91. The molecule has 0 aliphatic carbocycles. The lowest BCUT2D eigenvalue weighted by molar-refractivity contribution is 0.255. The maximum absolute atomic E-state index is 13.3. The van der Waals surface area contributed by atoms with Gasteiger partial charge in [-0.2, -0.15) is 0 Å². The first-order valence-electron chi connectivity index (χ1n) is 9.02. The number of sulfone groups is 1. The number of fused-ring (bicyclic) bond motifs is 1. The van der Waals surface area contributed by atoms with Crippen LogP contribution in [0.2, 0.25) is 0 Å². The van der Waals surface area contributed by atoms with Gasteiger partial charge in [0.25, 0.3) is 0 Å². The zero-order valence-electron chi connectivity index (χ0n) is 15.3. The highest BCUT2D eigenvalue weighted by molar-refractivity contribution is 7.91. The molecule has 0 spiro atoms. The maximum atomic E-state index is 13.3. The van der Waals surface area contributed by atoms with Gasteiger partial charge in [0, 0.05) is 11.4 Å². The molecule has 0 saturated carbocycles. The summed E-state index contributed by atoms with van der Waals surface area (Å²) in [5.41, 5.74) is 2.40. The predicted octanol–water partition coefficient (Wildman–Crippen LogP) is 3.01. The molecule has 0 unspecified atom stereocenters. The quantitative estimate of drug-likeness (QED) is 0.758. The Morgan fingerprint density at radius 2 is 1.63 bits per heavy atom. The number of hydrogen-bond acceptors (Lipinski definition) is 4. The molecule has 0 aromatic heterocycles. The second kappa shape index (κ2) is 6.56. The fourth-order valence-electron chi connectivity index (χ4n) is 3.99. The van der Waals surface area contributed by atoms with Gasteiger partial charge in [-0.3, -0.25) is 9.80 Å². The summed E-state index contributed by atoms with van der Waals surface area (Å²) in [6, 6.07) is 13.9. The molecule has 0 radical (unpaired) electrons. The highest BCUT2D eigenvalue weighted by atomic mass is 32.2. The third kappa shape index (κ3) is 3.06. The van der Waals surface area contributed by atoms with Gasteiger partial charge in [0.15, 0.2) is 9.84 Å². The van der Waals surface area contributed by atoms with E-state index in [0.29, 0.717) is 12.3 Å². The van der Waals surface area contributed by atoms with Crippen LogP contribution in [0.3, 0.4) is 0 Å². The number of carbonyl (C=O) groups excluding carboxylic acids is 1. The molecular formula is C20H22N2O4S. The molecule has 4 rings (SSSR count). The number of para-hydroxylation sites is 1. The zero-order valence-corrected chi connectivity index (χ0v) is 16.1. The van der Waals surface area contributed by atoms with E-state index >= 15 is 0 Å². The van der Waals surface area contributed by atoms with Gasteiger partial charge in [-0.15, -0.1) is 0 Å². The number of anilines is 2. The van der Waals surface area contributed by atoms with Crippen molar-refractivity contribution in [2.45, 2.75) is 25.9 Å². The number of hydrogen-bond donors (Lipinski definition) is 0. The van der Waals surface area contributed by atoms with E-state index in [9.17, 15) is 13.2 Å². The van der Waals surface area contributed by atoms with Crippen LogP contribution in [0.5, 0.6) is 5.75 Å². The van der Waals surface area contributed by atoms with Crippen molar-refractivity contribution in [1.29, 1.82) is 0 Å². The highest BCUT2D eigenvalue weighted by Crippen LogP contribution is 2.39. The minimum absolute atomic E-state index is 0.00866. The van der Waals surface area contributed by atoms with Crippen LogP contribution in [0.25, 0.3) is 0 Å². The molecule has 2 aromatic carbocycles. The highest BCUT2D eigenvalue weighted by Gasteiger charge is 2.54. The summed E-state index contributed by atoms with van der Waals surface area (Å²) in [6.07, 6.45) is 0. The fraction of sp³-hybridized carbons (Fsp3) is 0.350. The van der Waals surface area contributed by atoms with Gasteiger partial charge >= 0.3 is 6.03 Å². The van der Waals surface area contributed by atoms with Crippen LogP contribution in [-0.2, 0) is 9.84 Å². The Balaban J connectivity index is 1.76. The van der Waals surface area contributed by atoms with Crippen molar-refractivity contribution in [2.75, 3.05) is 27.9 Å². The molecule has 2 amide bonds. The third-order valence-corrected chi connectivity index (χ3v) is 6.87. The summed E-state index contributed by atoms with van der Waals surface area (Å²) in [6.45, 7) is 4.40. The van der Waals surface area contributed by atoms with Crippen LogP contribution in [0.4, 0.5) is 16.2 Å². The second-order valence-corrected chi connectivity index (χ2v) is 9.10. The van der Waals surface area contributed by atoms with Crippen molar-refractivity contribution in [3.05, 3.63) is 54.1 Å². The molecule has 0 N–H and O–H groups in total. The number of aryl methyl sites for hydroxylation is 1. The lowest BCUT2D eigenvalue weighted by Crippen LogP contribution is -2.38. The van der Waals surface area contributed by atoms with Crippen LogP contribution in [-0.4, -0.2) is 44.6 Å². The molecule has 6 nitrogen and oxygen atoms in total. The van der Waals surface area contributed by atoms with Crippen LogP contribution in [0.1, 0.15) is 12.5 Å². The molecule has 0 bridgehead atoms. The van der Waals surface area contributed by atoms with Crippen molar-refractivity contribution >= 4 is 27.2 Å². The molecule has 2 aliphatic rings. The number of ether oxygens (including phenoxy) is 1. The van der Waals surface area contributed by atoms with Gasteiger partial charge in [-0.05, 0) is 49.7 Å². The summed E-state index contributed by atoms with van der Waals surface area (Å²) in [5, 5.41) is 0. The Bertz CT molecular complexity index is 972. The first-order chi connectivity index (χ1) is 12.9. The molecule has 2 saturated heterocycles. The first kappa shape index (κ1) is 17.9. The van der Waals surface area contributed by atoms with Crippen LogP contribution in [0.15, 0.2) is 48.5 Å². The van der Waals surface area contributed by atoms with E-state index in [-0.39, 0.29) is 29.6 Å². The maximum Gasteiger partial charge on any atom is 0.329 e.